The van der Waals surface area contributed by atoms with Crippen molar-refractivity contribution < 1.29 is 18.0 Å². The molecular weight excluding hydrogens is 424 g/mol. The minimum atomic E-state index is -3.25. The molecule has 0 bridgehead atoms. The van der Waals surface area contributed by atoms with Crippen molar-refractivity contribution in [3.05, 3.63) is 40.4 Å². The fourth-order valence-corrected chi connectivity index (χ4v) is 5.88. The van der Waals surface area contributed by atoms with Crippen LogP contribution < -0.4 is 10.2 Å². The summed E-state index contributed by atoms with van der Waals surface area (Å²) < 4.78 is 25.7. The number of anilines is 2. The van der Waals surface area contributed by atoms with Crippen LogP contribution in [0.25, 0.3) is 0 Å². The minimum Gasteiger partial charge on any atom is -0.312 e. The molecular formula is C20H24N4O4S2. The zero-order valence-electron chi connectivity index (χ0n) is 16.9. The van der Waals surface area contributed by atoms with Gasteiger partial charge in [-0.15, -0.1) is 11.3 Å². The highest BCUT2D eigenvalue weighted by atomic mass is 32.2. The lowest BCUT2D eigenvalue weighted by atomic mass is 10.1. The van der Waals surface area contributed by atoms with Crippen LogP contribution in [0.4, 0.5) is 10.8 Å². The second kappa shape index (κ2) is 8.09. The zero-order chi connectivity index (χ0) is 21.5. The smallest absolute Gasteiger partial charge is 0.231 e. The maximum atomic E-state index is 12.7. The SMILES string of the molecule is CCS(=O)(=O)N1CCc2nc(NC(=O)C3CC(=O)N(c4ccc(C)cc4)C3)sc2C1. The van der Waals surface area contributed by atoms with Crippen LogP contribution in [0.2, 0.25) is 0 Å². The number of carbonyl (C=O) groups excluding carboxylic acids is 2. The molecule has 1 saturated heterocycles. The summed E-state index contributed by atoms with van der Waals surface area (Å²) in [6.45, 7) is 4.65. The van der Waals surface area contributed by atoms with Gasteiger partial charge in [-0.3, -0.25) is 9.59 Å². The third-order valence-corrected chi connectivity index (χ3v) is 8.35. The summed E-state index contributed by atoms with van der Waals surface area (Å²) in [6, 6.07) is 7.66. The first-order valence-corrected chi connectivity index (χ1v) is 12.3. The van der Waals surface area contributed by atoms with E-state index in [1.807, 2.05) is 31.2 Å². The molecule has 2 aromatic rings. The third-order valence-electron chi connectivity index (χ3n) is 5.53. The number of hydrogen-bond donors (Lipinski definition) is 1. The van der Waals surface area contributed by atoms with Gasteiger partial charge in [-0.25, -0.2) is 13.4 Å². The van der Waals surface area contributed by atoms with Gasteiger partial charge in [-0.1, -0.05) is 17.7 Å². The number of rotatable bonds is 5. The van der Waals surface area contributed by atoms with Crippen molar-refractivity contribution >= 4 is 44.0 Å². The maximum absolute atomic E-state index is 12.7. The Hall–Kier alpha value is -2.30. The van der Waals surface area contributed by atoms with E-state index in [2.05, 4.69) is 10.3 Å². The number of hydrogen-bond acceptors (Lipinski definition) is 6. The van der Waals surface area contributed by atoms with Gasteiger partial charge in [-0.2, -0.15) is 4.31 Å². The molecule has 0 radical (unpaired) electrons. The average Bonchev–Trinajstić information content (AvgIpc) is 3.30. The van der Waals surface area contributed by atoms with Crippen LogP contribution in [-0.4, -0.2) is 48.4 Å². The molecule has 10 heteroatoms. The predicted molar refractivity (Wildman–Crippen MR) is 116 cm³/mol. The van der Waals surface area contributed by atoms with E-state index in [9.17, 15) is 18.0 Å². The summed E-state index contributed by atoms with van der Waals surface area (Å²) in [5.74, 6) is -0.686. The summed E-state index contributed by atoms with van der Waals surface area (Å²) >= 11 is 1.30. The second-order valence-electron chi connectivity index (χ2n) is 7.60. The van der Waals surface area contributed by atoms with E-state index < -0.39 is 15.9 Å². The Labute approximate surface area is 180 Å². The topological polar surface area (TPSA) is 99.7 Å². The second-order valence-corrected chi connectivity index (χ2v) is 10.9. The first kappa shape index (κ1) is 21.0. The molecule has 1 N–H and O–H groups in total. The van der Waals surface area contributed by atoms with Crippen LogP contribution >= 0.6 is 11.3 Å². The normalized spacial score (nSPS) is 19.7. The molecule has 160 valence electrons. The van der Waals surface area contributed by atoms with E-state index in [4.69, 9.17) is 0 Å². The number of amides is 2. The lowest BCUT2D eigenvalue weighted by Gasteiger charge is -2.24. The van der Waals surface area contributed by atoms with Gasteiger partial charge in [0.1, 0.15) is 0 Å². The van der Waals surface area contributed by atoms with E-state index in [1.165, 1.54) is 15.6 Å². The Balaban J connectivity index is 1.42. The van der Waals surface area contributed by atoms with E-state index in [-0.39, 0.29) is 24.0 Å². The summed E-state index contributed by atoms with van der Waals surface area (Å²) in [6.07, 6.45) is 0.692. The number of benzene rings is 1. The molecule has 8 nitrogen and oxygen atoms in total. The minimum absolute atomic E-state index is 0.0674. The van der Waals surface area contributed by atoms with Crippen molar-refractivity contribution in [1.29, 1.82) is 0 Å². The van der Waals surface area contributed by atoms with Crippen LogP contribution in [0.15, 0.2) is 24.3 Å². The van der Waals surface area contributed by atoms with Gasteiger partial charge in [-0.05, 0) is 26.0 Å². The number of nitrogens with zero attached hydrogens (tertiary/aromatic N) is 3. The van der Waals surface area contributed by atoms with Gasteiger partial charge in [0, 0.05) is 43.0 Å². The molecule has 2 amide bonds. The molecule has 1 aromatic heterocycles. The number of sulfonamides is 1. The van der Waals surface area contributed by atoms with Crippen molar-refractivity contribution in [3.8, 4) is 0 Å². The van der Waals surface area contributed by atoms with Crippen molar-refractivity contribution in [2.45, 2.75) is 33.2 Å². The van der Waals surface area contributed by atoms with Crippen molar-refractivity contribution in [2.24, 2.45) is 5.92 Å². The summed E-state index contributed by atoms with van der Waals surface area (Å²) in [5, 5.41) is 3.29. The zero-order valence-corrected chi connectivity index (χ0v) is 18.6. The molecule has 1 fully saturated rings. The lowest BCUT2D eigenvalue weighted by molar-refractivity contribution is -0.122. The molecule has 2 aliphatic heterocycles. The Morgan fingerprint density at radius 3 is 2.73 bits per heavy atom. The van der Waals surface area contributed by atoms with E-state index in [0.717, 1.165) is 21.8 Å². The molecule has 3 heterocycles. The van der Waals surface area contributed by atoms with Gasteiger partial charge in [0.2, 0.25) is 21.8 Å². The summed E-state index contributed by atoms with van der Waals surface area (Å²) in [5.41, 5.74) is 2.74. The predicted octanol–water partition coefficient (Wildman–Crippen LogP) is 2.15. The first-order valence-electron chi connectivity index (χ1n) is 9.91. The van der Waals surface area contributed by atoms with Gasteiger partial charge >= 0.3 is 0 Å². The maximum Gasteiger partial charge on any atom is 0.231 e. The molecule has 30 heavy (non-hydrogen) atoms. The molecule has 0 aliphatic carbocycles. The van der Waals surface area contributed by atoms with E-state index >= 15 is 0 Å². The number of nitrogens with one attached hydrogen (secondary N) is 1. The Morgan fingerprint density at radius 2 is 2.03 bits per heavy atom. The highest BCUT2D eigenvalue weighted by molar-refractivity contribution is 7.89. The van der Waals surface area contributed by atoms with Gasteiger partial charge in [0.05, 0.1) is 17.4 Å². The third kappa shape index (κ3) is 4.12. The van der Waals surface area contributed by atoms with Crippen LogP contribution in [0.1, 0.15) is 29.5 Å². The highest BCUT2D eigenvalue weighted by Crippen LogP contribution is 2.31. The molecule has 0 spiro atoms. The fourth-order valence-electron chi connectivity index (χ4n) is 3.71. The number of carbonyl (C=O) groups is 2. The Bertz CT molecular complexity index is 1080. The molecule has 2 aliphatic rings. The number of fused-ring (bicyclic) bond motifs is 1. The first-order chi connectivity index (χ1) is 14.3. The van der Waals surface area contributed by atoms with Crippen LogP contribution in [0, 0.1) is 12.8 Å². The monoisotopic (exact) mass is 448 g/mol. The lowest BCUT2D eigenvalue weighted by Crippen LogP contribution is -2.36. The molecule has 4 rings (SSSR count). The van der Waals surface area contributed by atoms with E-state index in [0.29, 0.717) is 31.2 Å². The van der Waals surface area contributed by atoms with Gasteiger partial charge < -0.3 is 10.2 Å². The fraction of sp³-hybridized carbons (Fsp3) is 0.450. The summed E-state index contributed by atoms with van der Waals surface area (Å²) in [7, 11) is -3.25. The quantitative estimate of drug-likeness (QED) is 0.756. The number of aromatic nitrogens is 1. The number of thiazole rings is 1. The Morgan fingerprint density at radius 1 is 1.30 bits per heavy atom. The van der Waals surface area contributed by atoms with Gasteiger partial charge in [0.15, 0.2) is 5.13 Å². The van der Waals surface area contributed by atoms with E-state index in [1.54, 1.807) is 11.8 Å². The standard InChI is InChI=1S/C20H24N4O4S2/c1-3-30(27,28)23-9-8-16-17(12-23)29-20(21-16)22-19(26)14-10-18(25)24(11-14)15-6-4-13(2)5-7-15/h4-7,14H,3,8-12H2,1-2H3,(H,21,22,26). The largest absolute Gasteiger partial charge is 0.312 e. The van der Waals surface area contributed by atoms with Crippen molar-refractivity contribution in [3.63, 3.8) is 0 Å². The van der Waals surface area contributed by atoms with Crippen LogP contribution in [0.5, 0.6) is 0 Å². The number of aryl methyl sites for hydroxylation is 1. The van der Waals surface area contributed by atoms with Crippen molar-refractivity contribution in [2.75, 3.05) is 29.1 Å². The molecule has 1 unspecified atom stereocenters. The molecule has 1 atom stereocenters. The highest BCUT2D eigenvalue weighted by Gasteiger charge is 2.36. The molecule has 0 saturated carbocycles. The van der Waals surface area contributed by atoms with Crippen LogP contribution in [0.3, 0.4) is 0 Å². The van der Waals surface area contributed by atoms with Crippen molar-refractivity contribution in [1.82, 2.24) is 9.29 Å². The molecule has 1 aromatic carbocycles. The van der Waals surface area contributed by atoms with Gasteiger partial charge in [0.25, 0.3) is 0 Å². The van der Waals surface area contributed by atoms with Crippen LogP contribution in [-0.2, 0) is 32.6 Å². The Kier molecular flexibility index (Phi) is 5.65. The average molecular weight is 449 g/mol. The summed E-state index contributed by atoms with van der Waals surface area (Å²) in [4.78, 5) is 32.1.